The molecule has 0 spiro atoms. The Hall–Kier alpha value is -4.03. The number of nitrogens with two attached hydrogens (primary N) is 1. The lowest BCUT2D eigenvalue weighted by Crippen LogP contribution is -2.45. The van der Waals surface area contributed by atoms with E-state index in [1.807, 2.05) is 10.6 Å². The molecule has 13 heteroatoms. The standard InChI is InChI=1S/C28H24ClF3N6O2.CH4O/c29-19-13-16(24(40)36-20-14-17(3-10-34-20)28(30,31)32)1-2-18(19)21-22-23(33)35-11-12-38(22)25(37-21)27-7-4-26(15-39,5-8-27)6-9-27;1-2/h1-3,10-15H,4-9H2,(H2,33,35)(H,34,36,40);2H,1H3. The number of nitrogens with zero attached hydrogens (tertiary/aromatic N) is 4. The van der Waals surface area contributed by atoms with Crippen molar-refractivity contribution in [2.45, 2.75) is 50.1 Å². The molecule has 4 aromatic rings. The smallest absolute Gasteiger partial charge is 0.400 e. The molecule has 3 heterocycles. The van der Waals surface area contributed by atoms with Gasteiger partial charge in [0.15, 0.2) is 0 Å². The van der Waals surface area contributed by atoms with E-state index in [0.29, 0.717) is 16.8 Å². The number of aromatic nitrogens is 4. The molecule has 0 radical (unpaired) electrons. The molecule has 9 nitrogen and oxygen atoms in total. The second-order valence-electron chi connectivity index (χ2n) is 10.7. The number of nitrogen functional groups attached to an aromatic ring is 1. The summed E-state index contributed by atoms with van der Waals surface area (Å²) in [6.07, 6.45) is 5.91. The van der Waals surface area contributed by atoms with Gasteiger partial charge >= 0.3 is 6.18 Å². The number of fused-ring (bicyclic) bond motifs is 4. The van der Waals surface area contributed by atoms with Crippen LogP contribution >= 0.6 is 11.6 Å². The Labute approximate surface area is 244 Å². The summed E-state index contributed by atoms with van der Waals surface area (Å²) >= 11 is 6.66. The minimum atomic E-state index is -4.57. The lowest BCUT2D eigenvalue weighted by atomic mass is 9.54. The third-order valence-electron chi connectivity index (χ3n) is 8.43. The number of anilines is 2. The molecule has 4 N–H and O–H groups in total. The van der Waals surface area contributed by atoms with Crippen molar-refractivity contribution in [3.05, 3.63) is 70.9 Å². The van der Waals surface area contributed by atoms with Gasteiger partial charge in [0.25, 0.3) is 5.91 Å². The normalized spacial score (nSPS) is 21.5. The molecule has 220 valence electrons. The fraction of sp³-hybridized carbons (Fsp3) is 0.345. The van der Waals surface area contributed by atoms with E-state index in [9.17, 15) is 22.8 Å². The zero-order chi connectivity index (χ0) is 30.3. The van der Waals surface area contributed by atoms with Crippen molar-refractivity contribution in [2.24, 2.45) is 5.41 Å². The maximum atomic E-state index is 13.0. The number of amides is 1. The highest BCUT2D eigenvalue weighted by molar-refractivity contribution is 6.34. The topological polar surface area (TPSA) is 136 Å². The predicted molar refractivity (Wildman–Crippen MR) is 151 cm³/mol. The summed E-state index contributed by atoms with van der Waals surface area (Å²) in [6.45, 7) is 0. The number of rotatable bonds is 5. The van der Waals surface area contributed by atoms with E-state index >= 15 is 0 Å². The van der Waals surface area contributed by atoms with Crippen LogP contribution in [0.25, 0.3) is 16.8 Å². The first-order valence-electron chi connectivity index (χ1n) is 13.2. The van der Waals surface area contributed by atoms with Crippen LogP contribution in [0.2, 0.25) is 5.02 Å². The van der Waals surface area contributed by atoms with Crippen LogP contribution in [0.3, 0.4) is 0 Å². The molecule has 7 rings (SSSR count). The third-order valence-corrected chi connectivity index (χ3v) is 8.74. The summed E-state index contributed by atoms with van der Waals surface area (Å²) in [5, 5.41) is 9.60. The Morgan fingerprint density at radius 2 is 1.76 bits per heavy atom. The molecule has 3 aliphatic rings. The average molecular weight is 601 g/mol. The molecule has 3 aliphatic carbocycles. The number of hydrogen-bond acceptors (Lipinski definition) is 7. The molecule has 3 saturated carbocycles. The maximum absolute atomic E-state index is 13.0. The van der Waals surface area contributed by atoms with Crippen LogP contribution in [0.5, 0.6) is 0 Å². The van der Waals surface area contributed by atoms with Crippen LogP contribution in [0.1, 0.15) is 60.3 Å². The Morgan fingerprint density at radius 1 is 1.07 bits per heavy atom. The number of hydrogen-bond donors (Lipinski definition) is 3. The van der Waals surface area contributed by atoms with Gasteiger partial charge in [-0.2, -0.15) is 13.2 Å². The van der Waals surface area contributed by atoms with Gasteiger partial charge in [0.1, 0.15) is 35.0 Å². The first kappa shape index (κ1) is 29.5. The van der Waals surface area contributed by atoms with Crippen LogP contribution in [-0.2, 0) is 16.4 Å². The van der Waals surface area contributed by atoms with Gasteiger partial charge in [0.05, 0.1) is 10.6 Å². The maximum Gasteiger partial charge on any atom is 0.416 e. The Morgan fingerprint density at radius 3 is 2.38 bits per heavy atom. The highest BCUT2D eigenvalue weighted by atomic mass is 35.5. The van der Waals surface area contributed by atoms with Crippen LogP contribution in [0.4, 0.5) is 24.8 Å². The van der Waals surface area contributed by atoms with E-state index in [4.69, 9.17) is 27.4 Å². The van der Waals surface area contributed by atoms with E-state index in [2.05, 4.69) is 15.3 Å². The van der Waals surface area contributed by atoms with E-state index in [0.717, 1.165) is 76.1 Å². The number of aliphatic hydroxyl groups is 1. The molecule has 1 aromatic carbocycles. The van der Waals surface area contributed by atoms with Crippen LogP contribution in [0.15, 0.2) is 48.9 Å². The summed E-state index contributed by atoms with van der Waals surface area (Å²) in [7, 11) is 1.00. The number of carbonyl (C=O) groups is 2. The van der Waals surface area contributed by atoms with Crippen molar-refractivity contribution in [3.63, 3.8) is 0 Å². The molecule has 0 unspecified atom stereocenters. The van der Waals surface area contributed by atoms with E-state index in [-0.39, 0.29) is 33.1 Å². The van der Waals surface area contributed by atoms with Gasteiger partial charge in [0.2, 0.25) is 0 Å². The summed E-state index contributed by atoms with van der Waals surface area (Å²) in [5.74, 6) is 0.217. The number of imidazole rings is 1. The van der Waals surface area contributed by atoms with Gasteiger partial charge in [-0.15, -0.1) is 0 Å². The summed E-state index contributed by atoms with van der Waals surface area (Å²) in [5.41, 5.74) is 6.73. The fourth-order valence-electron chi connectivity index (χ4n) is 6.06. The monoisotopic (exact) mass is 600 g/mol. The summed E-state index contributed by atoms with van der Waals surface area (Å²) < 4.78 is 41.1. The minimum absolute atomic E-state index is 0.131. The van der Waals surface area contributed by atoms with Crippen LogP contribution in [0, 0.1) is 5.41 Å². The summed E-state index contributed by atoms with van der Waals surface area (Å²) in [4.78, 5) is 37.7. The number of nitrogens with one attached hydrogen (secondary N) is 1. The van der Waals surface area contributed by atoms with Gasteiger partial charge in [-0.3, -0.25) is 9.20 Å². The Kier molecular flexibility index (Phi) is 7.71. The third kappa shape index (κ3) is 5.09. The number of aliphatic hydroxyl groups excluding tert-OH is 1. The Balaban J connectivity index is 0.00000173. The molecule has 0 aliphatic heterocycles. The van der Waals surface area contributed by atoms with Gasteiger partial charge in [-0.25, -0.2) is 15.0 Å². The van der Waals surface area contributed by atoms with Gasteiger partial charge in [0, 0.05) is 47.7 Å². The van der Waals surface area contributed by atoms with Crippen molar-refractivity contribution in [2.75, 3.05) is 18.2 Å². The zero-order valence-electron chi connectivity index (χ0n) is 22.6. The second-order valence-corrected chi connectivity index (χ2v) is 11.1. The number of pyridine rings is 1. The molecule has 3 fully saturated rings. The first-order chi connectivity index (χ1) is 20.0. The number of alkyl halides is 3. The van der Waals surface area contributed by atoms with Crippen molar-refractivity contribution >= 4 is 40.9 Å². The van der Waals surface area contributed by atoms with Crippen molar-refractivity contribution in [3.8, 4) is 11.3 Å². The zero-order valence-corrected chi connectivity index (χ0v) is 23.3. The van der Waals surface area contributed by atoms with E-state index < -0.39 is 17.6 Å². The minimum Gasteiger partial charge on any atom is -0.400 e. The number of aldehydes is 1. The van der Waals surface area contributed by atoms with E-state index in [1.54, 1.807) is 12.3 Å². The lowest BCUT2D eigenvalue weighted by Gasteiger charge is -2.50. The second kappa shape index (κ2) is 11.0. The molecule has 0 saturated heterocycles. The van der Waals surface area contributed by atoms with Crippen LogP contribution < -0.4 is 11.1 Å². The summed E-state index contributed by atoms with van der Waals surface area (Å²) in [6, 6.07) is 6.16. The van der Waals surface area contributed by atoms with Crippen molar-refractivity contribution in [1.82, 2.24) is 19.4 Å². The molecular formula is C29H28ClF3N6O3. The molecule has 1 amide bonds. The SMILES string of the molecule is CO.Nc1nccn2c(C34CCC(C=O)(CC3)CC4)nc(-c3ccc(C(=O)Nc4cc(C(F)(F)F)ccn4)cc3Cl)c12. The number of benzene rings is 1. The van der Waals surface area contributed by atoms with Crippen LogP contribution in [-0.4, -0.2) is 43.8 Å². The molecule has 0 atom stereocenters. The Bertz CT molecular complexity index is 1650. The largest absolute Gasteiger partial charge is 0.416 e. The van der Waals surface area contributed by atoms with Gasteiger partial charge in [-0.1, -0.05) is 17.7 Å². The first-order valence-corrected chi connectivity index (χ1v) is 13.6. The predicted octanol–water partition coefficient (Wildman–Crippen LogP) is 5.70. The molecule has 42 heavy (non-hydrogen) atoms. The fourth-order valence-corrected chi connectivity index (χ4v) is 6.33. The lowest BCUT2D eigenvalue weighted by molar-refractivity contribution is -0.137. The van der Waals surface area contributed by atoms with Crippen molar-refractivity contribution in [1.29, 1.82) is 0 Å². The quantitative estimate of drug-likeness (QED) is 0.250. The molecule has 2 bridgehead atoms. The van der Waals surface area contributed by atoms with Gasteiger partial charge < -0.3 is 21.0 Å². The number of halogens is 4. The average Bonchev–Trinajstić information content (AvgIpc) is 3.40. The molecule has 3 aromatic heterocycles. The highest BCUT2D eigenvalue weighted by Gasteiger charge is 2.51. The number of carbonyl (C=O) groups excluding carboxylic acids is 2. The molecular weight excluding hydrogens is 573 g/mol. The highest BCUT2D eigenvalue weighted by Crippen LogP contribution is 2.57. The van der Waals surface area contributed by atoms with E-state index in [1.165, 1.54) is 12.1 Å². The van der Waals surface area contributed by atoms with Gasteiger partial charge in [-0.05, 0) is 62.8 Å². The van der Waals surface area contributed by atoms with Crippen molar-refractivity contribution < 1.29 is 27.9 Å².